The van der Waals surface area contributed by atoms with E-state index in [1.54, 1.807) is 0 Å². The van der Waals surface area contributed by atoms with Crippen LogP contribution in [0.3, 0.4) is 0 Å². The minimum Gasteiger partial charge on any atom is -0.369 e. The highest BCUT2D eigenvalue weighted by Gasteiger charge is 2.19. The average molecular weight is 320 g/mol. The van der Waals surface area contributed by atoms with Crippen LogP contribution in [0.2, 0.25) is 0 Å². The molecule has 0 amide bonds. The lowest BCUT2D eigenvalue weighted by Crippen LogP contribution is -2.12. The number of hydrogen-bond donors (Lipinski definition) is 0. The predicted molar refractivity (Wildman–Crippen MR) is 105 cm³/mol. The van der Waals surface area contributed by atoms with E-state index in [-0.39, 0.29) is 6.10 Å². The van der Waals surface area contributed by atoms with Crippen molar-refractivity contribution >= 4 is 10.8 Å². The van der Waals surface area contributed by atoms with Gasteiger partial charge in [-0.05, 0) is 47.2 Å². The molecule has 1 atom stereocenters. The van der Waals surface area contributed by atoms with E-state index in [0.29, 0.717) is 12.5 Å². The Bertz CT molecular complexity index is 744. The molecule has 2 aromatic carbocycles. The molecule has 0 bridgehead atoms. The van der Waals surface area contributed by atoms with Gasteiger partial charge in [-0.2, -0.15) is 0 Å². The average Bonchev–Trinajstić information content (AvgIpc) is 2.59. The van der Waals surface area contributed by atoms with Crippen LogP contribution in [0.5, 0.6) is 0 Å². The summed E-state index contributed by atoms with van der Waals surface area (Å²) in [6, 6.07) is 14.9. The summed E-state index contributed by atoms with van der Waals surface area (Å²) in [5, 5.41) is 2.46. The summed E-state index contributed by atoms with van der Waals surface area (Å²) in [6.45, 7) is 13.5. The van der Waals surface area contributed by atoms with Crippen LogP contribution >= 0.6 is 0 Å². The Morgan fingerprint density at radius 3 is 2.54 bits per heavy atom. The molecule has 0 fully saturated rings. The van der Waals surface area contributed by atoms with Crippen LogP contribution in [0.25, 0.3) is 10.8 Å². The molecule has 0 saturated carbocycles. The number of ether oxygens (including phenoxy) is 1. The minimum atomic E-state index is -0.125. The molecule has 0 saturated heterocycles. The van der Waals surface area contributed by atoms with Crippen LogP contribution in [0.4, 0.5) is 0 Å². The van der Waals surface area contributed by atoms with Crippen LogP contribution in [-0.4, -0.2) is 6.61 Å². The highest BCUT2D eigenvalue weighted by molar-refractivity contribution is 5.86. The van der Waals surface area contributed by atoms with Crippen LogP contribution in [0.15, 0.2) is 78.4 Å². The van der Waals surface area contributed by atoms with E-state index < -0.39 is 0 Å². The molecule has 0 aromatic heterocycles. The van der Waals surface area contributed by atoms with E-state index in [0.717, 1.165) is 11.1 Å². The van der Waals surface area contributed by atoms with Gasteiger partial charge in [-0.1, -0.05) is 81.1 Å². The van der Waals surface area contributed by atoms with E-state index in [1.807, 2.05) is 19.1 Å². The van der Waals surface area contributed by atoms with Crippen molar-refractivity contribution in [2.24, 2.45) is 5.92 Å². The van der Waals surface area contributed by atoms with Crippen molar-refractivity contribution in [3.8, 4) is 0 Å². The maximum absolute atomic E-state index is 6.30. The van der Waals surface area contributed by atoms with E-state index in [2.05, 4.69) is 75.9 Å². The summed E-state index contributed by atoms with van der Waals surface area (Å²) in [6.07, 6.45) is 6.04. The fourth-order valence-electron chi connectivity index (χ4n) is 2.70. The van der Waals surface area contributed by atoms with Gasteiger partial charge in [0.25, 0.3) is 0 Å². The van der Waals surface area contributed by atoms with Gasteiger partial charge in [-0.15, -0.1) is 0 Å². The maximum Gasteiger partial charge on any atom is 0.108 e. The van der Waals surface area contributed by atoms with Crippen LogP contribution in [-0.2, 0) is 4.74 Å². The van der Waals surface area contributed by atoms with Gasteiger partial charge in [0.05, 0.1) is 6.61 Å². The van der Waals surface area contributed by atoms with Gasteiger partial charge in [0.15, 0.2) is 0 Å². The smallest absolute Gasteiger partial charge is 0.108 e. The molecule has 0 aliphatic heterocycles. The Kier molecular flexibility index (Phi) is 6.57. The Hall–Kier alpha value is -2.12. The number of rotatable bonds is 7. The topological polar surface area (TPSA) is 9.23 Å². The Morgan fingerprint density at radius 1 is 1.12 bits per heavy atom. The molecule has 0 aliphatic rings. The summed E-state index contributed by atoms with van der Waals surface area (Å²) in [7, 11) is 0. The lowest BCUT2D eigenvalue weighted by Gasteiger charge is -2.24. The van der Waals surface area contributed by atoms with Crippen molar-refractivity contribution in [1.82, 2.24) is 0 Å². The first-order valence-electron chi connectivity index (χ1n) is 8.62. The molecule has 126 valence electrons. The van der Waals surface area contributed by atoms with Crippen molar-refractivity contribution in [3.05, 3.63) is 84.0 Å². The van der Waals surface area contributed by atoms with Gasteiger partial charge >= 0.3 is 0 Å². The lowest BCUT2D eigenvalue weighted by atomic mass is 9.92. The predicted octanol–water partition coefficient (Wildman–Crippen LogP) is 6.63. The quantitative estimate of drug-likeness (QED) is 0.520. The third-order valence-corrected chi connectivity index (χ3v) is 4.06. The number of allylic oxidation sites excluding steroid dienone is 3. The second-order valence-electron chi connectivity index (χ2n) is 6.58. The number of hydrogen-bond acceptors (Lipinski definition) is 1. The second kappa shape index (κ2) is 8.65. The van der Waals surface area contributed by atoms with Gasteiger partial charge in [0, 0.05) is 0 Å². The third kappa shape index (κ3) is 4.46. The second-order valence-corrected chi connectivity index (χ2v) is 6.58. The molecule has 0 aliphatic carbocycles. The molecule has 1 nitrogen and oxygen atoms in total. The number of benzene rings is 2. The van der Waals surface area contributed by atoms with Crippen LogP contribution in [0.1, 0.15) is 39.4 Å². The summed E-state index contributed by atoms with van der Waals surface area (Å²) >= 11 is 0. The zero-order valence-corrected chi connectivity index (χ0v) is 15.3. The summed E-state index contributed by atoms with van der Waals surface area (Å²) < 4.78 is 6.30. The van der Waals surface area contributed by atoms with Crippen molar-refractivity contribution in [1.29, 1.82) is 0 Å². The van der Waals surface area contributed by atoms with Crippen molar-refractivity contribution in [3.63, 3.8) is 0 Å². The fraction of sp³-hybridized carbons (Fsp3) is 0.304. The zero-order valence-electron chi connectivity index (χ0n) is 15.3. The first-order valence-corrected chi connectivity index (χ1v) is 8.62. The van der Waals surface area contributed by atoms with Gasteiger partial charge in [0.1, 0.15) is 6.10 Å². The first-order chi connectivity index (χ1) is 11.5. The molecular weight excluding hydrogens is 292 g/mol. The van der Waals surface area contributed by atoms with E-state index in [9.17, 15) is 0 Å². The molecule has 24 heavy (non-hydrogen) atoms. The summed E-state index contributed by atoms with van der Waals surface area (Å²) in [5.74, 6) is 0.482. The fourth-order valence-corrected chi connectivity index (χ4v) is 2.70. The molecule has 1 unspecified atom stereocenters. The van der Waals surface area contributed by atoms with Crippen molar-refractivity contribution < 1.29 is 4.74 Å². The highest BCUT2D eigenvalue weighted by atomic mass is 16.5. The molecule has 2 rings (SSSR count). The first kappa shape index (κ1) is 18.2. The summed E-state index contributed by atoms with van der Waals surface area (Å²) in [5.41, 5.74) is 3.35. The molecular formula is C23H28O. The monoisotopic (exact) mass is 320 g/mol. The maximum atomic E-state index is 6.30. The molecule has 2 aromatic rings. The van der Waals surface area contributed by atoms with E-state index in [1.165, 1.54) is 16.3 Å². The molecule has 0 spiro atoms. The SMILES string of the molecule is C=C(/C(C)=C\C=C/C)C(OCC(C)C)c1cccc2ccccc12. The highest BCUT2D eigenvalue weighted by Crippen LogP contribution is 2.34. The normalized spacial score (nSPS) is 13.8. The molecule has 0 heterocycles. The van der Waals surface area contributed by atoms with Gasteiger partial charge < -0.3 is 4.74 Å². The largest absolute Gasteiger partial charge is 0.369 e. The Morgan fingerprint density at radius 2 is 1.83 bits per heavy atom. The number of fused-ring (bicyclic) bond motifs is 1. The van der Waals surface area contributed by atoms with Crippen molar-refractivity contribution in [2.75, 3.05) is 6.61 Å². The van der Waals surface area contributed by atoms with E-state index in [4.69, 9.17) is 4.74 Å². The Balaban J connectivity index is 2.47. The van der Waals surface area contributed by atoms with Crippen LogP contribution < -0.4 is 0 Å². The van der Waals surface area contributed by atoms with Crippen molar-refractivity contribution in [2.45, 2.75) is 33.8 Å². The van der Waals surface area contributed by atoms with Gasteiger partial charge in [0.2, 0.25) is 0 Å². The molecule has 0 radical (unpaired) electrons. The Labute approximate surface area is 146 Å². The minimum absolute atomic E-state index is 0.125. The molecule has 1 heteroatoms. The van der Waals surface area contributed by atoms with Gasteiger partial charge in [-0.3, -0.25) is 0 Å². The standard InChI is InChI=1S/C23H28O/c1-6-7-11-18(4)19(5)23(24-16-17(2)3)22-15-10-13-20-12-8-9-14-21(20)22/h6-15,17,23H,5,16H2,1-4H3/b7-6-,18-11-. The van der Waals surface area contributed by atoms with E-state index >= 15 is 0 Å². The molecule has 0 N–H and O–H groups in total. The zero-order chi connectivity index (χ0) is 17.5. The van der Waals surface area contributed by atoms with Gasteiger partial charge in [-0.25, -0.2) is 0 Å². The third-order valence-electron chi connectivity index (χ3n) is 4.06. The lowest BCUT2D eigenvalue weighted by molar-refractivity contribution is 0.0600. The van der Waals surface area contributed by atoms with Crippen LogP contribution in [0, 0.1) is 5.92 Å². The summed E-state index contributed by atoms with van der Waals surface area (Å²) in [4.78, 5) is 0.